The van der Waals surface area contributed by atoms with Gasteiger partial charge in [0, 0.05) is 29.4 Å². The maximum Gasteiger partial charge on any atom is 0.270 e. The van der Waals surface area contributed by atoms with Crippen molar-refractivity contribution in [3.05, 3.63) is 34.4 Å². The van der Waals surface area contributed by atoms with Crippen molar-refractivity contribution >= 4 is 33.5 Å². The van der Waals surface area contributed by atoms with Crippen LogP contribution in [0.5, 0.6) is 0 Å². The van der Waals surface area contributed by atoms with Crippen molar-refractivity contribution in [2.75, 3.05) is 0 Å². The summed E-state index contributed by atoms with van der Waals surface area (Å²) in [6.07, 6.45) is 5.32. The highest BCUT2D eigenvalue weighted by Crippen LogP contribution is 2.23. The molecule has 0 radical (unpaired) electrons. The minimum Gasteiger partial charge on any atom is -0.344 e. The Morgan fingerprint density at radius 3 is 3.06 bits per heavy atom. The fourth-order valence-electron chi connectivity index (χ4n) is 2.41. The number of nitrogens with zero attached hydrogens (tertiary/aromatic N) is 2. The second kappa shape index (κ2) is 3.89. The summed E-state index contributed by atoms with van der Waals surface area (Å²) in [5.41, 5.74) is 2.40. The van der Waals surface area contributed by atoms with Crippen molar-refractivity contribution < 1.29 is 0 Å². The monoisotopic (exact) mass is 252 g/mol. The van der Waals surface area contributed by atoms with Crippen LogP contribution in [0.1, 0.15) is 18.5 Å². The molecule has 3 rings (SSSR count). The first-order valence-electron chi connectivity index (χ1n) is 5.37. The maximum atomic E-state index is 12.1. The average Bonchev–Trinajstić information content (AvgIpc) is 2.69. The number of hydrogen-bond donors (Lipinski definition) is 1. The van der Waals surface area contributed by atoms with Crippen LogP contribution >= 0.6 is 22.6 Å². The summed E-state index contributed by atoms with van der Waals surface area (Å²) < 4.78 is 3.82. The van der Waals surface area contributed by atoms with E-state index in [0.29, 0.717) is 0 Å². The minimum absolute atomic E-state index is 0.0411. The Bertz CT molecular complexity index is 600. The molecule has 0 amide bonds. The lowest BCUT2D eigenvalue weighted by atomic mass is 10.1. The molecular formula is C11H12N2OS2. The zero-order chi connectivity index (χ0) is 11.1. The van der Waals surface area contributed by atoms with Crippen molar-refractivity contribution in [3.8, 4) is 0 Å². The van der Waals surface area contributed by atoms with Crippen LogP contribution < -0.4 is 5.56 Å². The standard InChI is InChI=1S/C11H12N2OS2/c14-11-9-7-8-3-1-2-5-12(8)10(9)4-6-13(11)16-15/h4,6-7,15H,1-3,5H2. The molecule has 5 heteroatoms. The quantitative estimate of drug-likeness (QED) is 0.623. The van der Waals surface area contributed by atoms with Gasteiger partial charge in [0.2, 0.25) is 0 Å². The molecule has 0 spiro atoms. The molecule has 2 aromatic heterocycles. The Morgan fingerprint density at radius 1 is 1.38 bits per heavy atom. The summed E-state index contributed by atoms with van der Waals surface area (Å²) >= 11 is 4.07. The normalized spacial score (nSPS) is 15.3. The van der Waals surface area contributed by atoms with Crippen LogP contribution in [0, 0.1) is 0 Å². The highest BCUT2D eigenvalue weighted by molar-refractivity contribution is 8.67. The van der Waals surface area contributed by atoms with E-state index in [1.807, 2.05) is 12.1 Å². The topological polar surface area (TPSA) is 26.9 Å². The van der Waals surface area contributed by atoms with Gasteiger partial charge in [-0.25, -0.2) is 3.97 Å². The zero-order valence-corrected chi connectivity index (χ0v) is 10.4. The largest absolute Gasteiger partial charge is 0.344 e. The Kier molecular flexibility index (Phi) is 2.52. The lowest BCUT2D eigenvalue weighted by Crippen LogP contribution is -2.13. The van der Waals surface area contributed by atoms with Crippen LogP contribution in [0.3, 0.4) is 0 Å². The number of rotatable bonds is 1. The molecule has 0 aliphatic carbocycles. The maximum absolute atomic E-state index is 12.1. The highest BCUT2D eigenvalue weighted by atomic mass is 33.1. The number of pyridine rings is 1. The Balaban J connectivity index is 2.34. The smallest absolute Gasteiger partial charge is 0.270 e. The summed E-state index contributed by atoms with van der Waals surface area (Å²) in [4.78, 5) is 12.1. The minimum atomic E-state index is 0.0411. The number of thiol groups is 1. The van der Waals surface area contributed by atoms with Crippen molar-refractivity contribution in [3.63, 3.8) is 0 Å². The third-order valence-corrected chi connectivity index (χ3v) is 4.17. The van der Waals surface area contributed by atoms with E-state index in [-0.39, 0.29) is 5.56 Å². The van der Waals surface area contributed by atoms with E-state index >= 15 is 0 Å². The summed E-state index contributed by atoms with van der Waals surface area (Å²) in [6.45, 7) is 1.04. The molecular weight excluding hydrogens is 240 g/mol. The van der Waals surface area contributed by atoms with Gasteiger partial charge in [-0.1, -0.05) is 11.7 Å². The van der Waals surface area contributed by atoms with Crippen LogP contribution in [0.25, 0.3) is 10.9 Å². The summed E-state index contributed by atoms with van der Waals surface area (Å²) in [5.74, 6) is 0. The molecule has 0 N–H and O–H groups in total. The van der Waals surface area contributed by atoms with Gasteiger partial charge >= 0.3 is 0 Å². The molecule has 1 aliphatic rings. The SMILES string of the molecule is O=c1c2cc3n(c2ccn1SS)CCCC3. The van der Waals surface area contributed by atoms with Gasteiger partial charge in [-0.3, -0.25) is 4.79 Å². The van der Waals surface area contributed by atoms with Gasteiger partial charge in [0.15, 0.2) is 0 Å². The molecule has 3 nitrogen and oxygen atoms in total. The predicted molar refractivity (Wildman–Crippen MR) is 71.1 cm³/mol. The first-order chi connectivity index (χ1) is 7.81. The first-order valence-corrected chi connectivity index (χ1v) is 7.19. The molecule has 0 aromatic carbocycles. The van der Waals surface area contributed by atoms with E-state index in [2.05, 4.69) is 16.2 Å². The van der Waals surface area contributed by atoms with Crippen LogP contribution in [-0.4, -0.2) is 8.54 Å². The molecule has 3 heterocycles. The molecule has 0 bridgehead atoms. The van der Waals surface area contributed by atoms with E-state index < -0.39 is 0 Å². The third kappa shape index (κ3) is 1.42. The van der Waals surface area contributed by atoms with Crippen molar-refractivity contribution in [2.24, 2.45) is 0 Å². The van der Waals surface area contributed by atoms with Gasteiger partial charge in [0.05, 0.1) is 10.9 Å². The number of aryl methyl sites for hydroxylation is 2. The summed E-state index contributed by atoms with van der Waals surface area (Å²) in [7, 11) is 1.15. The van der Waals surface area contributed by atoms with E-state index in [0.717, 1.165) is 34.8 Å². The van der Waals surface area contributed by atoms with Crippen LogP contribution in [0.4, 0.5) is 0 Å². The van der Waals surface area contributed by atoms with Gasteiger partial charge in [-0.15, -0.1) is 0 Å². The summed E-state index contributed by atoms with van der Waals surface area (Å²) in [5, 5.41) is 0.820. The molecule has 1 aliphatic heterocycles. The molecule has 84 valence electrons. The van der Waals surface area contributed by atoms with Gasteiger partial charge in [-0.05, 0) is 31.4 Å². The van der Waals surface area contributed by atoms with E-state index in [1.165, 1.54) is 18.5 Å². The third-order valence-electron chi connectivity index (χ3n) is 3.18. The number of fused-ring (bicyclic) bond motifs is 3. The average molecular weight is 252 g/mol. The lowest BCUT2D eigenvalue weighted by molar-refractivity contribution is 0.545. The molecule has 0 unspecified atom stereocenters. The molecule has 0 saturated heterocycles. The van der Waals surface area contributed by atoms with Gasteiger partial charge < -0.3 is 4.57 Å². The van der Waals surface area contributed by atoms with Crippen molar-refractivity contribution in [2.45, 2.75) is 25.8 Å². The van der Waals surface area contributed by atoms with E-state index in [1.54, 1.807) is 10.2 Å². The second-order valence-electron chi connectivity index (χ2n) is 4.07. The fraction of sp³-hybridized carbons (Fsp3) is 0.364. The van der Waals surface area contributed by atoms with Gasteiger partial charge in [0.1, 0.15) is 0 Å². The molecule has 0 saturated carbocycles. The van der Waals surface area contributed by atoms with Crippen LogP contribution in [0.15, 0.2) is 23.1 Å². The van der Waals surface area contributed by atoms with Crippen LogP contribution in [-0.2, 0) is 13.0 Å². The lowest BCUT2D eigenvalue weighted by Gasteiger charge is -2.15. The van der Waals surface area contributed by atoms with Crippen molar-refractivity contribution in [1.29, 1.82) is 0 Å². The summed E-state index contributed by atoms with van der Waals surface area (Å²) in [6, 6.07) is 4.05. The predicted octanol–water partition coefficient (Wildman–Crippen LogP) is 2.48. The van der Waals surface area contributed by atoms with Crippen molar-refractivity contribution in [1.82, 2.24) is 8.54 Å². The second-order valence-corrected chi connectivity index (χ2v) is 5.12. The van der Waals surface area contributed by atoms with Gasteiger partial charge in [0.25, 0.3) is 5.56 Å². The molecule has 0 atom stereocenters. The zero-order valence-electron chi connectivity index (χ0n) is 8.72. The molecule has 0 fully saturated rings. The van der Waals surface area contributed by atoms with E-state index in [4.69, 9.17) is 0 Å². The highest BCUT2D eigenvalue weighted by Gasteiger charge is 2.15. The van der Waals surface area contributed by atoms with Gasteiger partial charge in [-0.2, -0.15) is 0 Å². The number of aromatic nitrogens is 2. The number of hydrogen-bond acceptors (Lipinski definition) is 3. The first kappa shape index (κ1) is 10.4. The fourth-order valence-corrected chi connectivity index (χ4v) is 3.08. The molecule has 16 heavy (non-hydrogen) atoms. The Hall–Kier alpha value is -0.810. The molecule has 2 aromatic rings. The van der Waals surface area contributed by atoms with Crippen LogP contribution in [0.2, 0.25) is 0 Å². The Labute approximate surface area is 102 Å². The Morgan fingerprint density at radius 2 is 2.25 bits per heavy atom. The van der Waals surface area contributed by atoms with E-state index in [9.17, 15) is 4.79 Å².